The van der Waals surface area contributed by atoms with E-state index >= 15 is 0 Å². The van der Waals surface area contributed by atoms with Gasteiger partial charge in [-0.3, -0.25) is 9.59 Å². The number of carbonyl (C=O) groups excluding carboxylic acids is 2. The molecule has 0 atom stereocenters. The second-order valence-corrected chi connectivity index (χ2v) is 9.02. The molecule has 1 aliphatic rings. The van der Waals surface area contributed by atoms with Gasteiger partial charge in [-0.15, -0.1) is 0 Å². The van der Waals surface area contributed by atoms with Crippen molar-refractivity contribution in [3.8, 4) is 11.4 Å². The quantitative estimate of drug-likeness (QED) is 0.365. The summed E-state index contributed by atoms with van der Waals surface area (Å²) >= 11 is 3.46. The predicted octanol–water partition coefficient (Wildman–Crippen LogP) is 3.86. The summed E-state index contributed by atoms with van der Waals surface area (Å²) in [6.07, 6.45) is 1.55. The Balaban J connectivity index is 1.30. The van der Waals surface area contributed by atoms with E-state index in [2.05, 4.69) is 43.2 Å². The van der Waals surface area contributed by atoms with Crippen molar-refractivity contribution < 1.29 is 19.1 Å². The molecule has 0 spiro atoms. The Morgan fingerprint density at radius 2 is 1.74 bits per heavy atom. The maximum atomic E-state index is 12.5. The Kier molecular flexibility index (Phi) is 7.99. The summed E-state index contributed by atoms with van der Waals surface area (Å²) in [4.78, 5) is 26.4. The van der Waals surface area contributed by atoms with Crippen LogP contribution in [0.3, 0.4) is 0 Å². The van der Waals surface area contributed by atoms with Crippen LogP contribution in [-0.4, -0.2) is 60.4 Å². The summed E-state index contributed by atoms with van der Waals surface area (Å²) in [5, 5.41) is 4.06. The average Bonchev–Trinajstić information content (AvgIpc) is 3.21. The lowest BCUT2D eigenvalue weighted by Crippen LogP contribution is -2.43. The third-order valence-electron chi connectivity index (χ3n) is 5.71. The number of hydrogen-bond donors (Lipinski definition) is 1. The molecule has 0 radical (unpaired) electrons. The molecule has 1 N–H and O–H groups in total. The number of ether oxygens (including phenoxy) is 2. The molecule has 1 saturated heterocycles. The molecule has 1 aliphatic heterocycles. The van der Waals surface area contributed by atoms with Crippen molar-refractivity contribution in [2.75, 3.05) is 32.9 Å². The Bertz CT molecular complexity index is 1210. The molecule has 8 nitrogen and oxygen atoms in total. The zero-order chi connectivity index (χ0) is 24.8. The van der Waals surface area contributed by atoms with Crippen LogP contribution >= 0.6 is 15.9 Å². The predicted molar refractivity (Wildman–Crippen MR) is 137 cm³/mol. The zero-order valence-electron chi connectivity index (χ0n) is 19.7. The highest BCUT2D eigenvalue weighted by Gasteiger charge is 2.17. The molecular weight excluding hydrogens is 512 g/mol. The Labute approximate surface area is 212 Å². The van der Waals surface area contributed by atoms with Gasteiger partial charge in [-0.1, -0.05) is 0 Å². The first-order valence-electron chi connectivity index (χ1n) is 11.3. The van der Waals surface area contributed by atoms with E-state index in [9.17, 15) is 9.59 Å². The molecule has 9 heteroatoms. The van der Waals surface area contributed by atoms with Gasteiger partial charge in [0.05, 0.1) is 23.9 Å². The third-order valence-corrected chi connectivity index (χ3v) is 6.33. The van der Waals surface area contributed by atoms with E-state index in [1.807, 2.05) is 26.0 Å². The summed E-state index contributed by atoms with van der Waals surface area (Å²) in [5.41, 5.74) is 7.10. The summed E-state index contributed by atoms with van der Waals surface area (Å²) in [5.74, 6) is 0.190. The lowest BCUT2D eigenvalue weighted by molar-refractivity contribution is -0.137. The average molecular weight is 539 g/mol. The normalized spacial score (nSPS) is 13.7. The van der Waals surface area contributed by atoms with Crippen LogP contribution in [0, 0.1) is 13.8 Å². The Morgan fingerprint density at radius 3 is 2.40 bits per heavy atom. The number of nitrogens with one attached hydrogen (secondary N) is 1. The molecule has 4 rings (SSSR count). The standard InChI is InChI=1S/C26H27BrN4O4/c1-18-3-4-19(2)31(18)22-8-6-21(7-9-22)26(33)29-28-16-20-5-10-24(23(27)15-20)35-17-25(32)30-11-13-34-14-12-30/h3-10,15-16H,11-14,17H2,1-2H3,(H,29,33)/b28-16-. The van der Waals surface area contributed by atoms with Gasteiger partial charge in [0.15, 0.2) is 6.61 Å². The van der Waals surface area contributed by atoms with E-state index < -0.39 is 0 Å². The van der Waals surface area contributed by atoms with Gasteiger partial charge < -0.3 is 18.9 Å². The van der Waals surface area contributed by atoms with Crippen LogP contribution in [0.1, 0.15) is 27.3 Å². The van der Waals surface area contributed by atoms with Crippen LogP contribution in [0.25, 0.3) is 5.69 Å². The molecule has 0 unspecified atom stereocenters. The minimum atomic E-state index is -0.297. The van der Waals surface area contributed by atoms with E-state index in [1.54, 1.807) is 41.4 Å². The molecule has 1 fully saturated rings. The fourth-order valence-corrected chi connectivity index (χ4v) is 4.34. The monoisotopic (exact) mass is 538 g/mol. The number of rotatable bonds is 7. The fraction of sp³-hybridized carbons (Fsp3) is 0.269. The number of hydrogen-bond acceptors (Lipinski definition) is 5. The van der Waals surface area contributed by atoms with Crippen molar-refractivity contribution in [2.45, 2.75) is 13.8 Å². The highest BCUT2D eigenvalue weighted by molar-refractivity contribution is 9.10. The Hall–Kier alpha value is -3.43. The van der Waals surface area contributed by atoms with E-state index in [1.165, 1.54) is 0 Å². The van der Waals surface area contributed by atoms with Crippen LogP contribution in [0.2, 0.25) is 0 Å². The van der Waals surface area contributed by atoms with Gasteiger partial charge in [0, 0.05) is 35.7 Å². The number of benzene rings is 2. The van der Waals surface area contributed by atoms with Gasteiger partial charge in [-0.05, 0) is 89.9 Å². The third kappa shape index (κ3) is 6.17. The SMILES string of the molecule is Cc1ccc(C)n1-c1ccc(C(=O)N/N=C\c2ccc(OCC(=O)N3CCOCC3)c(Br)c2)cc1. The summed E-state index contributed by atoms with van der Waals surface area (Å²) < 4.78 is 13.7. The van der Waals surface area contributed by atoms with Gasteiger partial charge in [0.1, 0.15) is 5.75 Å². The second kappa shape index (κ2) is 11.3. The van der Waals surface area contributed by atoms with E-state index in [-0.39, 0.29) is 18.4 Å². The van der Waals surface area contributed by atoms with Crippen LogP contribution in [0.15, 0.2) is 64.2 Å². The molecule has 35 heavy (non-hydrogen) atoms. The number of amides is 2. The highest BCUT2D eigenvalue weighted by atomic mass is 79.9. The van der Waals surface area contributed by atoms with Crippen molar-refractivity contribution in [1.82, 2.24) is 14.9 Å². The molecule has 1 aromatic heterocycles. The number of morpholine rings is 1. The molecular formula is C26H27BrN4O4. The lowest BCUT2D eigenvalue weighted by Gasteiger charge is -2.26. The number of carbonyl (C=O) groups is 2. The Morgan fingerprint density at radius 1 is 1.06 bits per heavy atom. The maximum absolute atomic E-state index is 12.5. The fourth-order valence-electron chi connectivity index (χ4n) is 3.83. The van der Waals surface area contributed by atoms with Gasteiger partial charge >= 0.3 is 0 Å². The van der Waals surface area contributed by atoms with E-state index in [4.69, 9.17) is 9.47 Å². The first kappa shape index (κ1) is 24.7. The van der Waals surface area contributed by atoms with Crippen LogP contribution in [-0.2, 0) is 9.53 Å². The van der Waals surface area contributed by atoms with Crippen molar-refractivity contribution in [1.29, 1.82) is 0 Å². The number of nitrogens with zero attached hydrogens (tertiary/aromatic N) is 3. The molecule has 2 aromatic carbocycles. The minimum absolute atomic E-state index is 0.0373. The van der Waals surface area contributed by atoms with Crippen LogP contribution in [0.5, 0.6) is 5.75 Å². The number of halogens is 1. The van der Waals surface area contributed by atoms with Crippen molar-refractivity contribution >= 4 is 34.0 Å². The van der Waals surface area contributed by atoms with Gasteiger partial charge in [-0.25, -0.2) is 5.43 Å². The number of aromatic nitrogens is 1. The van der Waals surface area contributed by atoms with Crippen LogP contribution in [0.4, 0.5) is 0 Å². The lowest BCUT2D eigenvalue weighted by atomic mass is 10.2. The summed E-state index contributed by atoms with van der Waals surface area (Å²) in [6, 6.07) is 16.9. The second-order valence-electron chi connectivity index (χ2n) is 8.17. The van der Waals surface area contributed by atoms with Gasteiger partial charge in [0.25, 0.3) is 11.8 Å². The van der Waals surface area contributed by atoms with Gasteiger partial charge in [-0.2, -0.15) is 5.10 Å². The highest BCUT2D eigenvalue weighted by Crippen LogP contribution is 2.25. The molecule has 182 valence electrons. The van der Waals surface area contributed by atoms with Crippen molar-refractivity contribution in [2.24, 2.45) is 5.10 Å². The van der Waals surface area contributed by atoms with Crippen LogP contribution < -0.4 is 10.2 Å². The summed E-state index contributed by atoms with van der Waals surface area (Å²) in [6.45, 7) is 6.33. The molecule has 0 bridgehead atoms. The summed E-state index contributed by atoms with van der Waals surface area (Å²) in [7, 11) is 0. The largest absolute Gasteiger partial charge is 0.483 e. The molecule has 2 amide bonds. The maximum Gasteiger partial charge on any atom is 0.271 e. The minimum Gasteiger partial charge on any atom is -0.483 e. The van der Waals surface area contributed by atoms with Crippen molar-refractivity contribution in [3.63, 3.8) is 0 Å². The smallest absolute Gasteiger partial charge is 0.271 e. The molecule has 0 saturated carbocycles. The molecule has 3 aromatic rings. The van der Waals surface area contributed by atoms with E-state index in [0.717, 1.165) is 22.6 Å². The topological polar surface area (TPSA) is 85.2 Å². The van der Waals surface area contributed by atoms with E-state index in [0.29, 0.717) is 42.1 Å². The number of aryl methyl sites for hydroxylation is 2. The van der Waals surface area contributed by atoms with Crippen molar-refractivity contribution in [3.05, 3.63) is 81.6 Å². The van der Waals surface area contributed by atoms with Gasteiger partial charge in [0.2, 0.25) is 0 Å². The molecule has 0 aliphatic carbocycles. The first-order valence-corrected chi connectivity index (χ1v) is 12.1. The molecule has 2 heterocycles. The first-order chi connectivity index (χ1) is 16.9. The zero-order valence-corrected chi connectivity index (χ0v) is 21.2. The number of hydrazone groups is 1.